The molecule has 0 amide bonds. The zero-order valence-corrected chi connectivity index (χ0v) is 15.0. The molecule has 1 fully saturated rings. The molecule has 0 aliphatic carbocycles. The number of halogens is 1. The lowest BCUT2D eigenvalue weighted by Gasteiger charge is -2.32. The highest BCUT2D eigenvalue weighted by molar-refractivity contribution is 7.71. The molecule has 0 radical (unpaired) electrons. The summed E-state index contributed by atoms with van der Waals surface area (Å²) >= 11 is 5.34. The molecule has 0 unspecified atom stereocenters. The monoisotopic (exact) mass is 354 g/mol. The van der Waals surface area contributed by atoms with Crippen molar-refractivity contribution in [2.24, 2.45) is 0 Å². The van der Waals surface area contributed by atoms with Gasteiger partial charge in [0.25, 0.3) is 5.56 Å². The van der Waals surface area contributed by atoms with E-state index >= 15 is 0 Å². The predicted octanol–water partition coefficient (Wildman–Crippen LogP) is 2.12. The van der Waals surface area contributed by atoms with Crippen LogP contribution in [0.4, 0.5) is 0 Å². The first-order chi connectivity index (χ1) is 10.6. The summed E-state index contributed by atoms with van der Waals surface area (Å²) in [5, 5.41) is 0.704. The van der Waals surface area contributed by atoms with Gasteiger partial charge in [-0.05, 0) is 44.4 Å². The Labute approximate surface area is 147 Å². The lowest BCUT2D eigenvalue weighted by molar-refractivity contribution is 0.151. The first-order valence-corrected chi connectivity index (χ1v) is 8.19. The molecule has 1 aliphatic rings. The summed E-state index contributed by atoms with van der Waals surface area (Å²) in [7, 11) is 2.16. The minimum Gasteiger partial charge on any atom is -0.332 e. The Morgan fingerprint density at radius 1 is 1.13 bits per heavy atom. The van der Waals surface area contributed by atoms with Crippen molar-refractivity contribution in [3.8, 4) is 0 Å². The number of likely N-dealkylation sites (N-methyl/N-ethyl adjacent to an activating group) is 1. The summed E-state index contributed by atoms with van der Waals surface area (Å²) in [6.45, 7) is 6.14. The standard InChI is InChI=1S/C16H22N4OS.ClH/c1-18-9-11-19(12-10-18)7-4-8-20-15(21)13-5-2-3-6-14(13)17-16(20)22;/h2-3,5-6H,4,7-12H2,1H3,(H,17,22);1H. The third-order valence-corrected chi connectivity index (χ3v) is 4.66. The van der Waals surface area contributed by atoms with Crippen LogP contribution in [0.15, 0.2) is 29.1 Å². The van der Waals surface area contributed by atoms with Crippen LogP contribution >= 0.6 is 24.6 Å². The van der Waals surface area contributed by atoms with Gasteiger partial charge in [0, 0.05) is 32.7 Å². The quantitative estimate of drug-likeness (QED) is 0.854. The largest absolute Gasteiger partial charge is 0.332 e. The average molecular weight is 355 g/mol. The fourth-order valence-electron chi connectivity index (χ4n) is 2.93. The lowest BCUT2D eigenvalue weighted by atomic mass is 10.2. The molecule has 0 bridgehead atoms. The van der Waals surface area contributed by atoms with Crippen molar-refractivity contribution in [2.75, 3.05) is 39.8 Å². The third-order valence-electron chi connectivity index (χ3n) is 4.34. The smallest absolute Gasteiger partial charge is 0.262 e. The van der Waals surface area contributed by atoms with Crippen LogP contribution in [0.3, 0.4) is 0 Å². The number of rotatable bonds is 4. The average Bonchev–Trinajstić information content (AvgIpc) is 2.52. The zero-order valence-electron chi connectivity index (χ0n) is 13.3. The summed E-state index contributed by atoms with van der Waals surface area (Å²) in [5.41, 5.74) is 0.825. The number of aromatic amines is 1. The molecular weight excluding hydrogens is 332 g/mol. The second kappa shape index (κ2) is 8.06. The highest BCUT2D eigenvalue weighted by Crippen LogP contribution is 2.07. The molecule has 1 saturated heterocycles. The Balaban J connectivity index is 0.00000192. The Kier molecular flexibility index (Phi) is 6.35. The highest BCUT2D eigenvalue weighted by atomic mass is 35.5. The number of hydrogen-bond acceptors (Lipinski definition) is 4. The van der Waals surface area contributed by atoms with Gasteiger partial charge in [-0.1, -0.05) is 12.1 Å². The number of piperazine rings is 1. The molecule has 23 heavy (non-hydrogen) atoms. The van der Waals surface area contributed by atoms with Gasteiger partial charge in [0.15, 0.2) is 4.77 Å². The number of hydrogen-bond donors (Lipinski definition) is 1. The van der Waals surface area contributed by atoms with Crippen LogP contribution in [-0.2, 0) is 6.54 Å². The highest BCUT2D eigenvalue weighted by Gasteiger charge is 2.13. The maximum Gasteiger partial charge on any atom is 0.262 e. The van der Waals surface area contributed by atoms with E-state index in [1.54, 1.807) is 4.57 Å². The number of para-hydroxylation sites is 1. The summed E-state index contributed by atoms with van der Waals surface area (Å²) in [5.74, 6) is 0. The van der Waals surface area contributed by atoms with Crippen LogP contribution in [0.2, 0.25) is 0 Å². The molecular formula is C16H23ClN4OS. The normalized spacial score (nSPS) is 16.4. The summed E-state index contributed by atoms with van der Waals surface area (Å²) in [4.78, 5) is 20.5. The van der Waals surface area contributed by atoms with Crippen molar-refractivity contribution in [3.05, 3.63) is 39.4 Å². The minimum absolute atomic E-state index is 0. The van der Waals surface area contributed by atoms with E-state index in [1.165, 1.54) is 0 Å². The van der Waals surface area contributed by atoms with Crippen LogP contribution in [-0.4, -0.2) is 59.1 Å². The van der Waals surface area contributed by atoms with E-state index in [0.29, 0.717) is 16.7 Å². The minimum atomic E-state index is 0. The van der Waals surface area contributed by atoms with Crippen LogP contribution < -0.4 is 5.56 Å². The Morgan fingerprint density at radius 2 is 1.83 bits per heavy atom. The van der Waals surface area contributed by atoms with E-state index in [4.69, 9.17) is 12.2 Å². The van der Waals surface area contributed by atoms with E-state index in [0.717, 1.165) is 44.7 Å². The number of benzene rings is 1. The van der Waals surface area contributed by atoms with E-state index < -0.39 is 0 Å². The second-order valence-electron chi connectivity index (χ2n) is 5.93. The molecule has 1 N–H and O–H groups in total. The molecule has 1 aromatic heterocycles. The first kappa shape index (κ1) is 18.1. The zero-order chi connectivity index (χ0) is 15.5. The number of H-pyrrole nitrogens is 1. The van der Waals surface area contributed by atoms with Crippen molar-refractivity contribution in [2.45, 2.75) is 13.0 Å². The molecule has 2 aromatic rings. The van der Waals surface area contributed by atoms with Crippen molar-refractivity contribution < 1.29 is 0 Å². The molecule has 0 spiro atoms. The van der Waals surface area contributed by atoms with Crippen LogP contribution in [0.5, 0.6) is 0 Å². The summed E-state index contributed by atoms with van der Waals surface area (Å²) in [6.07, 6.45) is 0.944. The van der Waals surface area contributed by atoms with E-state index in [-0.39, 0.29) is 18.0 Å². The third kappa shape index (κ3) is 4.20. The number of aromatic nitrogens is 2. The number of fused-ring (bicyclic) bond motifs is 1. The maximum atomic E-state index is 12.5. The fourth-order valence-corrected chi connectivity index (χ4v) is 3.21. The molecule has 126 valence electrons. The second-order valence-corrected chi connectivity index (χ2v) is 6.32. The van der Waals surface area contributed by atoms with Gasteiger partial charge in [-0.3, -0.25) is 9.36 Å². The Hall–Kier alpha value is -1.21. The fraction of sp³-hybridized carbons (Fsp3) is 0.500. The van der Waals surface area contributed by atoms with E-state index in [1.807, 2.05) is 24.3 Å². The molecule has 7 heteroatoms. The molecule has 0 saturated carbocycles. The summed E-state index contributed by atoms with van der Waals surface area (Å²) in [6, 6.07) is 7.53. The SMILES string of the molecule is CN1CCN(CCCn2c(=S)[nH]c3ccccc3c2=O)CC1.Cl. The lowest BCUT2D eigenvalue weighted by Crippen LogP contribution is -2.44. The van der Waals surface area contributed by atoms with Crippen molar-refractivity contribution >= 4 is 35.5 Å². The van der Waals surface area contributed by atoms with Crippen LogP contribution in [0, 0.1) is 4.77 Å². The first-order valence-electron chi connectivity index (χ1n) is 7.78. The van der Waals surface area contributed by atoms with Gasteiger partial charge in [-0.2, -0.15) is 0 Å². The van der Waals surface area contributed by atoms with Crippen molar-refractivity contribution in [1.29, 1.82) is 0 Å². The molecule has 1 aliphatic heterocycles. The summed E-state index contributed by atoms with van der Waals surface area (Å²) < 4.78 is 2.20. The van der Waals surface area contributed by atoms with E-state index in [2.05, 4.69) is 21.8 Å². The topological polar surface area (TPSA) is 44.3 Å². The number of nitrogens with one attached hydrogen (secondary N) is 1. The number of nitrogens with zero attached hydrogens (tertiary/aromatic N) is 3. The molecule has 5 nitrogen and oxygen atoms in total. The van der Waals surface area contributed by atoms with Crippen LogP contribution in [0.1, 0.15) is 6.42 Å². The van der Waals surface area contributed by atoms with Gasteiger partial charge in [0.2, 0.25) is 0 Å². The Bertz CT molecular complexity index is 764. The van der Waals surface area contributed by atoms with Gasteiger partial charge >= 0.3 is 0 Å². The van der Waals surface area contributed by atoms with Crippen LogP contribution in [0.25, 0.3) is 10.9 Å². The van der Waals surface area contributed by atoms with Crippen molar-refractivity contribution in [1.82, 2.24) is 19.4 Å². The van der Waals surface area contributed by atoms with Gasteiger partial charge in [-0.25, -0.2) is 0 Å². The van der Waals surface area contributed by atoms with E-state index in [9.17, 15) is 4.79 Å². The van der Waals surface area contributed by atoms with Gasteiger partial charge in [0.05, 0.1) is 10.9 Å². The van der Waals surface area contributed by atoms with Crippen molar-refractivity contribution in [3.63, 3.8) is 0 Å². The van der Waals surface area contributed by atoms with Gasteiger partial charge < -0.3 is 14.8 Å². The maximum absolute atomic E-state index is 12.5. The van der Waals surface area contributed by atoms with Gasteiger partial charge in [0.1, 0.15) is 0 Å². The Morgan fingerprint density at radius 3 is 2.57 bits per heavy atom. The predicted molar refractivity (Wildman–Crippen MR) is 99.2 cm³/mol. The molecule has 0 atom stereocenters. The molecule has 2 heterocycles. The molecule has 1 aromatic carbocycles. The molecule has 3 rings (SSSR count). The van der Waals surface area contributed by atoms with Gasteiger partial charge in [-0.15, -0.1) is 12.4 Å².